The van der Waals surface area contributed by atoms with Crippen LogP contribution < -0.4 is 11.1 Å². The largest absolute Gasteiger partial charge is 0.366 e. The second-order valence-corrected chi connectivity index (χ2v) is 7.51. The van der Waals surface area contributed by atoms with Gasteiger partial charge in [-0.15, -0.1) is 0 Å². The van der Waals surface area contributed by atoms with Gasteiger partial charge in [0.15, 0.2) is 0 Å². The molecule has 4 rings (SSSR count). The Morgan fingerprint density at radius 3 is 2.63 bits per heavy atom. The maximum atomic E-state index is 12.1. The number of primary amides is 1. The number of nitrogens with zero attached hydrogens (tertiary/aromatic N) is 1. The van der Waals surface area contributed by atoms with Gasteiger partial charge in [0.2, 0.25) is 11.8 Å². The van der Waals surface area contributed by atoms with Gasteiger partial charge < -0.3 is 15.6 Å². The average molecular weight is 398 g/mol. The minimum atomic E-state index is -0.454. The summed E-state index contributed by atoms with van der Waals surface area (Å²) in [7, 11) is 0. The fraction of sp³-hybridized carbons (Fsp3) is 0.200. The van der Waals surface area contributed by atoms with Crippen LogP contribution in [0.1, 0.15) is 41.8 Å². The SMILES string of the molecule is CCCc1c[c]c2c3c(C(N)=O)cccc3n(Cc3ccccc3NC(C)=O)c2c1. The van der Waals surface area contributed by atoms with Crippen molar-refractivity contribution in [3.63, 3.8) is 0 Å². The number of benzene rings is 3. The van der Waals surface area contributed by atoms with E-state index in [1.165, 1.54) is 12.5 Å². The van der Waals surface area contributed by atoms with Crippen molar-refractivity contribution in [1.29, 1.82) is 0 Å². The van der Waals surface area contributed by atoms with Gasteiger partial charge in [-0.1, -0.05) is 43.7 Å². The molecule has 0 saturated heterocycles. The zero-order valence-electron chi connectivity index (χ0n) is 17.2. The molecule has 0 aliphatic rings. The van der Waals surface area contributed by atoms with Crippen LogP contribution in [0.4, 0.5) is 5.69 Å². The summed E-state index contributed by atoms with van der Waals surface area (Å²) in [5.41, 5.74) is 11.1. The van der Waals surface area contributed by atoms with Crippen LogP contribution in [0.2, 0.25) is 0 Å². The molecule has 5 heteroatoms. The van der Waals surface area contributed by atoms with Crippen molar-refractivity contribution in [3.05, 3.63) is 77.4 Å². The molecule has 1 aromatic heterocycles. The Bertz CT molecular complexity index is 1270. The standard InChI is InChI=1S/C25H24N3O2/c1-3-7-17-12-13-19-23(14-17)28(22-11-6-9-20(24(19)22)25(26)30)15-18-8-4-5-10-21(18)27-16(2)29/h4-6,8-12,14H,3,7,15H2,1-2H3,(H2,26,30)(H,27,29). The lowest BCUT2D eigenvalue weighted by Crippen LogP contribution is -2.11. The molecule has 0 spiro atoms. The Labute approximate surface area is 175 Å². The van der Waals surface area contributed by atoms with Crippen LogP contribution in [-0.4, -0.2) is 16.4 Å². The van der Waals surface area contributed by atoms with Crippen LogP contribution in [-0.2, 0) is 17.8 Å². The molecule has 1 heterocycles. The highest BCUT2D eigenvalue weighted by molar-refractivity contribution is 6.17. The highest BCUT2D eigenvalue weighted by Gasteiger charge is 2.18. The fourth-order valence-corrected chi connectivity index (χ4v) is 4.05. The second kappa shape index (κ2) is 8.03. The molecule has 0 fully saturated rings. The van der Waals surface area contributed by atoms with E-state index in [2.05, 4.69) is 28.9 Å². The molecule has 3 aromatic carbocycles. The van der Waals surface area contributed by atoms with Gasteiger partial charge in [-0.25, -0.2) is 0 Å². The number of aryl methyl sites for hydroxylation is 1. The number of aromatic nitrogens is 1. The van der Waals surface area contributed by atoms with Crippen molar-refractivity contribution in [2.75, 3.05) is 5.32 Å². The topological polar surface area (TPSA) is 77.1 Å². The van der Waals surface area contributed by atoms with E-state index in [4.69, 9.17) is 5.73 Å². The molecule has 0 bridgehead atoms. The van der Waals surface area contributed by atoms with Crippen LogP contribution in [0.25, 0.3) is 21.8 Å². The summed E-state index contributed by atoms with van der Waals surface area (Å²) in [6.07, 6.45) is 2.00. The number of fused-ring (bicyclic) bond motifs is 3. The predicted molar refractivity (Wildman–Crippen MR) is 121 cm³/mol. The van der Waals surface area contributed by atoms with Gasteiger partial charge >= 0.3 is 0 Å². The van der Waals surface area contributed by atoms with E-state index in [0.29, 0.717) is 12.1 Å². The van der Waals surface area contributed by atoms with Gasteiger partial charge in [-0.05, 0) is 47.9 Å². The summed E-state index contributed by atoms with van der Waals surface area (Å²) in [5, 5.41) is 4.61. The highest BCUT2D eigenvalue weighted by atomic mass is 16.1. The highest BCUT2D eigenvalue weighted by Crippen LogP contribution is 2.33. The molecule has 151 valence electrons. The van der Waals surface area contributed by atoms with Gasteiger partial charge in [0.1, 0.15) is 0 Å². The van der Waals surface area contributed by atoms with Crippen molar-refractivity contribution in [2.45, 2.75) is 33.2 Å². The fourth-order valence-electron chi connectivity index (χ4n) is 4.05. The number of nitrogens with two attached hydrogens (primary N) is 1. The Kier molecular flexibility index (Phi) is 5.27. The molecule has 0 unspecified atom stereocenters. The Morgan fingerprint density at radius 1 is 1.10 bits per heavy atom. The van der Waals surface area contributed by atoms with Crippen LogP contribution in [0, 0.1) is 6.07 Å². The second-order valence-electron chi connectivity index (χ2n) is 7.51. The van der Waals surface area contributed by atoms with E-state index in [0.717, 1.165) is 45.9 Å². The van der Waals surface area contributed by atoms with Crippen molar-refractivity contribution in [2.24, 2.45) is 5.73 Å². The maximum Gasteiger partial charge on any atom is 0.249 e. The molecule has 0 atom stereocenters. The minimum absolute atomic E-state index is 0.112. The smallest absolute Gasteiger partial charge is 0.249 e. The number of hydrogen-bond acceptors (Lipinski definition) is 2. The third-order valence-corrected chi connectivity index (χ3v) is 5.31. The van der Waals surface area contributed by atoms with Gasteiger partial charge in [0.05, 0.1) is 17.6 Å². The van der Waals surface area contributed by atoms with Gasteiger partial charge in [0.25, 0.3) is 0 Å². The number of carbonyl (C=O) groups is 2. The zero-order chi connectivity index (χ0) is 21.3. The number of carbonyl (C=O) groups excluding carboxylic acids is 2. The van der Waals surface area contributed by atoms with Gasteiger partial charge in [-0.2, -0.15) is 0 Å². The van der Waals surface area contributed by atoms with E-state index in [-0.39, 0.29) is 5.91 Å². The summed E-state index contributed by atoms with van der Waals surface area (Å²) in [6.45, 7) is 4.19. The summed E-state index contributed by atoms with van der Waals surface area (Å²) in [4.78, 5) is 23.8. The van der Waals surface area contributed by atoms with E-state index < -0.39 is 5.91 Å². The molecule has 0 saturated carbocycles. The first-order chi connectivity index (χ1) is 14.5. The molecule has 0 aliphatic carbocycles. The first-order valence-corrected chi connectivity index (χ1v) is 10.1. The summed E-state index contributed by atoms with van der Waals surface area (Å²) in [5.74, 6) is -0.566. The molecule has 4 aromatic rings. The van der Waals surface area contributed by atoms with Gasteiger partial charge in [-0.3, -0.25) is 9.59 Å². The number of rotatable bonds is 6. The molecule has 2 amide bonds. The Hall–Kier alpha value is -3.60. The first kappa shape index (κ1) is 19.7. The zero-order valence-corrected chi connectivity index (χ0v) is 17.2. The number of para-hydroxylation sites is 1. The predicted octanol–water partition coefficient (Wildman–Crippen LogP) is 4.65. The molecule has 5 nitrogen and oxygen atoms in total. The summed E-state index contributed by atoms with van der Waals surface area (Å²) >= 11 is 0. The summed E-state index contributed by atoms with van der Waals surface area (Å²) in [6, 6.07) is 20.9. The maximum absolute atomic E-state index is 12.1. The molecule has 3 N–H and O–H groups in total. The van der Waals surface area contributed by atoms with Crippen LogP contribution in [0.15, 0.2) is 54.6 Å². The molecule has 1 radical (unpaired) electrons. The van der Waals surface area contributed by atoms with Crippen LogP contribution >= 0.6 is 0 Å². The molecular formula is C25H24N3O2. The Balaban J connectivity index is 1.98. The first-order valence-electron chi connectivity index (χ1n) is 10.1. The monoisotopic (exact) mass is 398 g/mol. The van der Waals surface area contributed by atoms with E-state index in [1.54, 1.807) is 6.07 Å². The Morgan fingerprint density at radius 2 is 1.90 bits per heavy atom. The number of hydrogen-bond donors (Lipinski definition) is 2. The van der Waals surface area contributed by atoms with Crippen molar-refractivity contribution in [1.82, 2.24) is 4.57 Å². The third kappa shape index (κ3) is 3.54. The van der Waals surface area contributed by atoms with Crippen molar-refractivity contribution in [3.8, 4) is 0 Å². The lowest BCUT2D eigenvalue weighted by Gasteiger charge is -2.13. The van der Waals surface area contributed by atoms with E-state index in [1.807, 2.05) is 42.5 Å². The van der Waals surface area contributed by atoms with Crippen LogP contribution in [0.3, 0.4) is 0 Å². The molecule has 30 heavy (non-hydrogen) atoms. The normalized spacial score (nSPS) is 11.1. The summed E-state index contributed by atoms with van der Waals surface area (Å²) < 4.78 is 2.17. The number of anilines is 1. The lowest BCUT2D eigenvalue weighted by atomic mass is 10.0. The average Bonchev–Trinajstić information content (AvgIpc) is 3.02. The minimum Gasteiger partial charge on any atom is -0.366 e. The van der Waals surface area contributed by atoms with E-state index >= 15 is 0 Å². The quantitative estimate of drug-likeness (QED) is 0.496. The van der Waals surface area contributed by atoms with Crippen molar-refractivity contribution < 1.29 is 9.59 Å². The van der Waals surface area contributed by atoms with Gasteiger partial charge in [0, 0.05) is 28.9 Å². The van der Waals surface area contributed by atoms with Crippen molar-refractivity contribution >= 4 is 39.3 Å². The molecule has 0 aliphatic heterocycles. The lowest BCUT2D eigenvalue weighted by molar-refractivity contribution is -0.114. The molecular weight excluding hydrogens is 374 g/mol. The van der Waals surface area contributed by atoms with Crippen LogP contribution in [0.5, 0.6) is 0 Å². The number of nitrogens with one attached hydrogen (secondary N) is 1. The van der Waals surface area contributed by atoms with E-state index in [9.17, 15) is 9.59 Å². The number of amides is 2. The third-order valence-electron chi connectivity index (χ3n) is 5.31.